The van der Waals surface area contributed by atoms with Gasteiger partial charge in [0.05, 0.1) is 34.7 Å². The molecule has 1 aromatic carbocycles. The number of hydrogen-bond acceptors (Lipinski definition) is 6. The summed E-state index contributed by atoms with van der Waals surface area (Å²) in [4.78, 5) is 36.7. The lowest BCUT2D eigenvalue weighted by Crippen LogP contribution is -2.57. The predicted molar refractivity (Wildman–Crippen MR) is 138 cm³/mol. The van der Waals surface area contributed by atoms with Gasteiger partial charge in [-0.05, 0) is 57.1 Å². The van der Waals surface area contributed by atoms with Crippen LogP contribution in [0.25, 0.3) is 11.4 Å². The number of rotatable bonds is 6. The van der Waals surface area contributed by atoms with Crippen molar-refractivity contribution in [3.8, 4) is 11.4 Å². The van der Waals surface area contributed by atoms with Crippen molar-refractivity contribution in [2.24, 2.45) is 5.92 Å². The third-order valence-corrected chi connectivity index (χ3v) is 8.27. The number of aliphatic hydroxyl groups is 1. The molecule has 0 unspecified atom stereocenters. The zero-order chi connectivity index (χ0) is 27.9. The van der Waals surface area contributed by atoms with Crippen LogP contribution in [-0.4, -0.2) is 69.6 Å². The minimum Gasteiger partial charge on any atom is -0.395 e. The van der Waals surface area contributed by atoms with Crippen LogP contribution in [0.3, 0.4) is 0 Å². The largest absolute Gasteiger partial charge is 0.416 e. The number of halogens is 3. The molecule has 1 saturated carbocycles. The monoisotopic (exact) mass is 545 g/mol. The van der Waals surface area contributed by atoms with Gasteiger partial charge in [0.15, 0.2) is 5.82 Å². The summed E-state index contributed by atoms with van der Waals surface area (Å²) in [6.45, 7) is 4.80. The number of carbonyl (C=O) groups is 2. The zero-order valence-corrected chi connectivity index (χ0v) is 22.1. The van der Waals surface area contributed by atoms with E-state index in [4.69, 9.17) is 0 Å². The lowest BCUT2D eigenvalue weighted by molar-refractivity contribution is -0.137. The Hall–Kier alpha value is -3.05. The third-order valence-electron chi connectivity index (χ3n) is 8.27. The van der Waals surface area contributed by atoms with E-state index in [1.807, 2.05) is 0 Å². The molecule has 3 N–H and O–H groups in total. The van der Waals surface area contributed by atoms with Crippen molar-refractivity contribution >= 4 is 11.8 Å². The maximum atomic E-state index is 13.8. The summed E-state index contributed by atoms with van der Waals surface area (Å²) in [5.74, 6) is 0.167. The molecule has 2 aromatic rings. The molecule has 0 bridgehead atoms. The van der Waals surface area contributed by atoms with E-state index in [9.17, 15) is 27.9 Å². The minimum absolute atomic E-state index is 0.00161. The number of hydrogen-bond donors (Lipinski definition) is 3. The molecule has 1 aliphatic carbocycles. The average molecular weight is 546 g/mol. The fourth-order valence-corrected chi connectivity index (χ4v) is 6.17. The van der Waals surface area contributed by atoms with Gasteiger partial charge in [-0.3, -0.25) is 9.59 Å². The number of alkyl halides is 3. The minimum atomic E-state index is -4.47. The van der Waals surface area contributed by atoms with Gasteiger partial charge in [0, 0.05) is 44.1 Å². The molecule has 2 atom stereocenters. The number of nitrogens with zero attached hydrogens (tertiary/aromatic N) is 3. The molecule has 3 fully saturated rings. The van der Waals surface area contributed by atoms with E-state index in [2.05, 4.69) is 20.6 Å². The van der Waals surface area contributed by atoms with E-state index in [0.717, 1.165) is 25.0 Å². The van der Waals surface area contributed by atoms with Gasteiger partial charge >= 0.3 is 6.18 Å². The van der Waals surface area contributed by atoms with E-state index >= 15 is 0 Å². The van der Waals surface area contributed by atoms with Gasteiger partial charge in [-0.15, -0.1) is 0 Å². The topological polar surface area (TPSA) is 107 Å². The second-order valence-electron chi connectivity index (χ2n) is 11.1. The van der Waals surface area contributed by atoms with Gasteiger partial charge in [-0.25, -0.2) is 9.97 Å². The average Bonchev–Trinajstić information content (AvgIpc) is 3.67. The molecule has 210 valence electrons. The van der Waals surface area contributed by atoms with Crippen LogP contribution in [0.2, 0.25) is 0 Å². The van der Waals surface area contributed by atoms with Crippen molar-refractivity contribution in [1.82, 2.24) is 25.5 Å². The molecule has 11 heteroatoms. The number of likely N-dealkylation sites (tertiary alicyclic amines) is 1. The highest BCUT2D eigenvalue weighted by atomic mass is 19.4. The summed E-state index contributed by atoms with van der Waals surface area (Å²) in [7, 11) is 0. The van der Waals surface area contributed by atoms with Crippen LogP contribution in [0, 0.1) is 12.8 Å². The van der Waals surface area contributed by atoms with Crippen molar-refractivity contribution < 1.29 is 27.9 Å². The highest BCUT2D eigenvalue weighted by Crippen LogP contribution is 2.43. The Labute approximate surface area is 225 Å². The second kappa shape index (κ2) is 10.5. The third kappa shape index (κ3) is 5.65. The standard InChI is InChI=1S/C28H34F3N5O3/c1-16-23(24(18-6-7-18)34-25(33-16)19-4-3-5-21(12-19)28(29,30)31)26(39)36-10-8-20(9-11-36)27(35-17(2)38)13-22(14-37)32-15-27/h3-5,12,18,20,22,32,37H,6-11,13-15H2,1-2H3,(H,35,38)/t22-,27-/m0/s1. The lowest BCUT2D eigenvalue weighted by atomic mass is 9.76. The highest BCUT2D eigenvalue weighted by molar-refractivity contribution is 5.97. The van der Waals surface area contributed by atoms with Gasteiger partial charge in [0.2, 0.25) is 5.91 Å². The first kappa shape index (κ1) is 27.5. The maximum Gasteiger partial charge on any atom is 0.416 e. The number of nitrogens with one attached hydrogen (secondary N) is 2. The number of amides is 2. The maximum absolute atomic E-state index is 13.8. The second-order valence-corrected chi connectivity index (χ2v) is 11.1. The van der Waals surface area contributed by atoms with E-state index in [1.165, 1.54) is 13.0 Å². The Morgan fingerprint density at radius 2 is 1.90 bits per heavy atom. The smallest absolute Gasteiger partial charge is 0.395 e. The summed E-state index contributed by atoms with van der Waals surface area (Å²) in [5, 5.41) is 16.1. The lowest BCUT2D eigenvalue weighted by Gasteiger charge is -2.43. The van der Waals surface area contributed by atoms with Crippen molar-refractivity contribution in [2.45, 2.75) is 69.6 Å². The van der Waals surface area contributed by atoms with Gasteiger partial charge in [0.1, 0.15) is 0 Å². The molecule has 8 nitrogen and oxygen atoms in total. The van der Waals surface area contributed by atoms with Crippen LogP contribution >= 0.6 is 0 Å². The molecule has 0 radical (unpaired) electrons. The molecule has 1 aromatic heterocycles. The Kier molecular flexibility index (Phi) is 7.41. The molecule has 2 amide bonds. The molecule has 3 heterocycles. The Morgan fingerprint density at radius 1 is 1.18 bits per heavy atom. The van der Waals surface area contributed by atoms with Crippen LogP contribution < -0.4 is 10.6 Å². The van der Waals surface area contributed by atoms with Crippen molar-refractivity contribution in [3.05, 3.63) is 46.8 Å². The SMILES string of the molecule is CC(=O)N[C@]1(C2CCN(C(=O)c3c(C)nc(-c4cccc(C(F)(F)F)c4)nc3C3CC3)CC2)CN[C@H](CO)C1. The van der Waals surface area contributed by atoms with Crippen molar-refractivity contribution in [3.63, 3.8) is 0 Å². The first-order valence-electron chi connectivity index (χ1n) is 13.5. The molecule has 39 heavy (non-hydrogen) atoms. The van der Waals surface area contributed by atoms with Crippen LogP contribution in [0.4, 0.5) is 13.2 Å². The molecule has 5 rings (SSSR count). The van der Waals surface area contributed by atoms with Crippen LogP contribution in [0.5, 0.6) is 0 Å². The molecule has 0 spiro atoms. The molecular weight excluding hydrogens is 511 g/mol. The van der Waals surface area contributed by atoms with E-state index in [-0.39, 0.29) is 47.7 Å². The number of aliphatic hydroxyl groups excluding tert-OH is 1. The Balaban J connectivity index is 1.37. The van der Waals surface area contributed by atoms with Gasteiger partial charge in [-0.2, -0.15) is 13.2 Å². The quantitative estimate of drug-likeness (QED) is 0.514. The van der Waals surface area contributed by atoms with Gasteiger partial charge in [-0.1, -0.05) is 12.1 Å². The van der Waals surface area contributed by atoms with Gasteiger partial charge in [0.25, 0.3) is 5.91 Å². The number of aryl methyl sites for hydroxylation is 1. The van der Waals surface area contributed by atoms with Crippen molar-refractivity contribution in [2.75, 3.05) is 26.2 Å². The van der Waals surface area contributed by atoms with Crippen molar-refractivity contribution in [1.29, 1.82) is 0 Å². The van der Waals surface area contributed by atoms with Crippen LogP contribution in [0.15, 0.2) is 24.3 Å². The van der Waals surface area contributed by atoms with E-state index in [0.29, 0.717) is 55.8 Å². The Morgan fingerprint density at radius 3 is 2.49 bits per heavy atom. The van der Waals surface area contributed by atoms with Crippen LogP contribution in [-0.2, 0) is 11.0 Å². The first-order chi connectivity index (χ1) is 18.5. The molecule has 3 aliphatic rings. The van der Waals surface area contributed by atoms with Gasteiger partial charge < -0.3 is 20.6 Å². The fourth-order valence-electron chi connectivity index (χ4n) is 6.17. The van der Waals surface area contributed by atoms with E-state index in [1.54, 1.807) is 17.9 Å². The first-order valence-corrected chi connectivity index (χ1v) is 13.5. The normalized spacial score (nSPS) is 24.2. The summed E-state index contributed by atoms with van der Waals surface area (Å²) in [6, 6.07) is 4.88. The number of carbonyl (C=O) groups excluding carboxylic acids is 2. The number of aromatic nitrogens is 2. The molecule has 2 aliphatic heterocycles. The molecular formula is C28H34F3N5O3. The predicted octanol–water partition coefficient (Wildman–Crippen LogP) is 3.43. The summed E-state index contributed by atoms with van der Waals surface area (Å²) in [5.41, 5.74) is 0.570. The number of piperidine rings is 1. The Bertz CT molecular complexity index is 1260. The number of benzene rings is 1. The zero-order valence-electron chi connectivity index (χ0n) is 22.1. The highest BCUT2D eigenvalue weighted by Gasteiger charge is 2.47. The summed E-state index contributed by atoms with van der Waals surface area (Å²) >= 11 is 0. The molecule has 2 saturated heterocycles. The fraction of sp³-hybridized carbons (Fsp3) is 0.571. The van der Waals surface area contributed by atoms with Crippen LogP contribution in [0.1, 0.15) is 72.3 Å². The summed E-state index contributed by atoms with van der Waals surface area (Å²) < 4.78 is 39.8. The summed E-state index contributed by atoms with van der Waals surface area (Å²) in [6.07, 6.45) is -0.687. The van der Waals surface area contributed by atoms with E-state index < -0.39 is 17.3 Å².